The summed E-state index contributed by atoms with van der Waals surface area (Å²) in [5.41, 5.74) is 1.87. The van der Waals surface area contributed by atoms with Crippen molar-refractivity contribution in [2.45, 2.75) is 19.5 Å². The second-order valence-corrected chi connectivity index (χ2v) is 5.74. The van der Waals surface area contributed by atoms with E-state index >= 15 is 0 Å². The van der Waals surface area contributed by atoms with Gasteiger partial charge in [-0.3, -0.25) is 4.57 Å². The fourth-order valence-electron chi connectivity index (χ4n) is 2.32. The summed E-state index contributed by atoms with van der Waals surface area (Å²) >= 11 is 1.76. The fraction of sp³-hybridized carbons (Fsp3) is 0.267. The van der Waals surface area contributed by atoms with Crippen molar-refractivity contribution in [2.24, 2.45) is 0 Å². The van der Waals surface area contributed by atoms with E-state index in [0.29, 0.717) is 0 Å². The summed E-state index contributed by atoms with van der Waals surface area (Å²) in [6.45, 7) is 2.55. The van der Waals surface area contributed by atoms with E-state index in [1.165, 1.54) is 4.88 Å². The topological polar surface area (TPSA) is 49.8 Å². The van der Waals surface area contributed by atoms with E-state index in [2.05, 4.69) is 27.8 Å². The molecule has 20 heavy (non-hydrogen) atoms. The lowest BCUT2D eigenvalue weighted by atomic mass is 10.3. The van der Waals surface area contributed by atoms with Crippen molar-refractivity contribution < 1.29 is 0 Å². The highest BCUT2D eigenvalue weighted by Crippen LogP contribution is 2.09. The van der Waals surface area contributed by atoms with E-state index in [1.54, 1.807) is 11.3 Å². The van der Waals surface area contributed by atoms with Crippen molar-refractivity contribution in [2.75, 3.05) is 6.54 Å². The average molecular weight is 287 g/mol. The number of hydrogen-bond acceptors (Lipinski definition) is 3. The van der Waals surface area contributed by atoms with Crippen LogP contribution in [0.4, 0.5) is 0 Å². The Morgan fingerprint density at radius 3 is 2.95 bits per heavy atom. The smallest absolute Gasteiger partial charge is 0.312 e. The quantitative estimate of drug-likeness (QED) is 0.685. The minimum Gasteiger partial charge on any atom is -0.312 e. The molecule has 0 unspecified atom stereocenters. The molecule has 0 aliphatic heterocycles. The van der Waals surface area contributed by atoms with E-state index < -0.39 is 0 Å². The number of aromatic nitrogens is 2. The van der Waals surface area contributed by atoms with Crippen LogP contribution in [0, 0.1) is 0 Å². The zero-order chi connectivity index (χ0) is 13.8. The molecule has 1 aromatic carbocycles. The van der Waals surface area contributed by atoms with Gasteiger partial charge in [0.25, 0.3) is 0 Å². The van der Waals surface area contributed by atoms with E-state index in [4.69, 9.17) is 0 Å². The van der Waals surface area contributed by atoms with Crippen molar-refractivity contribution in [1.29, 1.82) is 0 Å². The van der Waals surface area contributed by atoms with E-state index in [0.717, 1.165) is 37.1 Å². The minimum absolute atomic E-state index is 0.0237. The van der Waals surface area contributed by atoms with Gasteiger partial charge in [0, 0.05) is 18.0 Å². The van der Waals surface area contributed by atoms with Crippen LogP contribution < -0.4 is 11.0 Å². The van der Waals surface area contributed by atoms with Crippen LogP contribution in [0.15, 0.2) is 46.6 Å². The first-order valence-corrected chi connectivity index (χ1v) is 7.63. The molecule has 0 saturated carbocycles. The number of hydrogen-bond donors (Lipinski definition) is 2. The molecule has 0 aliphatic carbocycles. The summed E-state index contributed by atoms with van der Waals surface area (Å²) in [6, 6.07) is 12.0. The number of para-hydroxylation sites is 2. The van der Waals surface area contributed by atoms with Gasteiger partial charge in [-0.05, 0) is 36.5 Å². The van der Waals surface area contributed by atoms with Crippen LogP contribution in [-0.2, 0) is 13.1 Å². The standard InChI is InChI=1S/C15H17N3OS/c19-15-17-13-6-1-2-7-14(13)18(15)9-4-8-16-11-12-5-3-10-20-12/h1-3,5-7,10,16H,4,8-9,11H2,(H,17,19). The summed E-state index contributed by atoms with van der Waals surface area (Å²) in [5.74, 6) is 0. The molecule has 2 heterocycles. The minimum atomic E-state index is -0.0237. The van der Waals surface area contributed by atoms with Gasteiger partial charge < -0.3 is 10.3 Å². The molecule has 0 atom stereocenters. The molecule has 3 aromatic rings. The van der Waals surface area contributed by atoms with Gasteiger partial charge in [0.2, 0.25) is 0 Å². The number of fused-ring (bicyclic) bond motifs is 1. The van der Waals surface area contributed by atoms with Gasteiger partial charge in [0.1, 0.15) is 0 Å². The summed E-state index contributed by atoms with van der Waals surface area (Å²) in [4.78, 5) is 16.1. The number of aryl methyl sites for hydroxylation is 1. The summed E-state index contributed by atoms with van der Waals surface area (Å²) in [5, 5.41) is 5.49. The average Bonchev–Trinajstić information content (AvgIpc) is 3.06. The van der Waals surface area contributed by atoms with Crippen molar-refractivity contribution in [1.82, 2.24) is 14.9 Å². The Hall–Kier alpha value is -1.85. The van der Waals surface area contributed by atoms with Gasteiger partial charge in [-0.15, -0.1) is 11.3 Å². The number of rotatable bonds is 6. The summed E-state index contributed by atoms with van der Waals surface area (Å²) < 4.78 is 1.81. The van der Waals surface area contributed by atoms with Gasteiger partial charge in [0.05, 0.1) is 11.0 Å². The lowest BCUT2D eigenvalue weighted by molar-refractivity contribution is 0.582. The van der Waals surface area contributed by atoms with Crippen molar-refractivity contribution in [3.05, 3.63) is 57.1 Å². The highest BCUT2D eigenvalue weighted by molar-refractivity contribution is 7.09. The molecular formula is C15H17N3OS. The zero-order valence-corrected chi connectivity index (χ0v) is 12.0. The normalized spacial score (nSPS) is 11.2. The predicted molar refractivity (Wildman–Crippen MR) is 83.2 cm³/mol. The van der Waals surface area contributed by atoms with Crippen LogP contribution in [0.3, 0.4) is 0 Å². The second kappa shape index (κ2) is 6.07. The summed E-state index contributed by atoms with van der Waals surface area (Å²) in [6.07, 6.45) is 0.938. The Labute approximate surface area is 121 Å². The largest absolute Gasteiger partial charge is 0.326 e. The lowest BCUT2D eigenvalue weighted by Gasteiger charge is -2.05. The van der Waals surface area contributed by atoms with Gasteiger partial charge in [-0.2, -0.15) is 0 Å². The van der Waals surface area contributed by atoms with Gasteiger partial charge >= 0.3 is 5.69 Å². The Kier molecular flexibility index (Phi) is 3.99. The highest BCUT2D eigenvalue weighted by atomic mass is 32.1. The van der Waals surface area contributed by atoms with Gasteiger partial charge in [-0.25, -0.2) is 4.79 Å². The Morgan fingerprint density at radius 1 is 1.20 bits per heavy atom. The molecule has 5 heteroatoms. The molecule has 0 radical (unpaired) electrons. The van der Waals surface area contributed by atoms with E-state index in [9.17, 15) is 4.79 Å². The summed E-state index contributed by atoms with van der Waals surface area (Å²) in [7, 11) is 0. The number of benzene rings is 1. The molecule has 4 nitrogen and oxygen atoms in total. The second-order valence-electron chi connectivity index (χ2n) is 4.71. The fourth-order valence-corrected chi connectivity index (χ4v) is 2.99. The van der Waals surface area contributed by atoms with Crippen molar-refractivity contribution >= 4 is 22.4 Å². The van der Waals surface area contributed by atoms with Crippen molar-refractivity contribution in [3.8, 4) is 0 Å². The van der Waals surface area contributed by atoms with Crippen LogP contribution in [0.5, 0.6) is 0 Å². The van der Waals surface area contributed by atoms with Gasteiger partial charge in [-0.1, -0.05) is 18.2 Å². The predicted octanol–water partition coefficient (Wildman–Crippen LogP) is 2.57. The van der Waals surface area contributed by atoms with Crippen LogP contribution in [0.25, 0.3) is 11.0 Å². The maximum atomic E-state index is 11.9. The molecule has 3 rings (SSSR count). The molecule has 0 bridgehead atoms. The maximum Gasteiger partial charge on any atom is 0.326 e. The van der Waals surface area contributed by atoms with Gasteiger partial charge in [0.15, 0.2) is 0 Å². The van der Waals surface area contributed by atoms with Crippen LogP contribution in [0.2, 0.25) is 0 Å². The molecule has 0 amide bonds. The number of aromatic amines is 1. The first kappa shape index (κ1) is 13.1. The Balaban J connectivity index is 1.55. The van der Waals surface area contributed by atoms with Crippen LogP contribution in [0.1, 0.15) is 11.3 Å². The molecular weight excluding hydrogens is 270 g/mol. The molecule has 0 saturated heterocycles. The number of imidazole rings is 1. The highest BCUT2D eigenvalue weighted by Gasteiger charge is 2.04. The molecule has 2 aromatic heterocycles. The number of thiophene rings is 1. The monoisotopic (exact) mass is 287 g/mol. The third kappa shape index (κ3) is 2.84. The first-order chi connectivity index (χ1) is 9.84. The number of nitrogens with one attached hydrogen (secondary N) is 2. The van der Waals surface area contributed by atoms with Crippen molar-refractivity contribution in [3.63, 3.8) is 0 Å². The number of H-pyrrole nitrogens is 1. The van der Waals surface area contributed by atoms with Crippen LogP contribution >= 0.6 is 11.3 Å². The van der Waals surface area contributed by atoms with Crippen LogP contribution in [-0.4, -0.2) is 16.1 Å². The lowest BCUT2D eigenvalue weighted by Crippen LogP contribution is -2.21. The Bertz CT molecular complexity index is 727. The van der Waals surface area contributed by atoms with E-state index in [1.807, 2.05) is 28.8 Å². The molecule has 0 fully saturated rings. The third-order valence-electron chi connectivity index (χ3n) is 3.30. The third-order valence-corrected chi connectivity index (χ3v) is 4.17. The zero-order valence-electron chi connectivity index (χ0n) is 11.1. The molecule has 0 aliphatic rings. The number of nitrogens with zero attached hydrogens (tertiary/aromatic N) is 1. The maximum absolute atomic E-state index is 11.9. The van der Waals surface area contributed by atoms with E-state index in [-0.39, 0.29) is 5.69 Å². The Morgan fingerprint density at radius 2 is 2.10 bits per heavy atom. The molecule has 2 N–H and O–H groups in total. The molecule has 0 spiro atoms. The molecule has 104 valence electrons. The SMILES string of the molecule is O=c1[nH]c2ccccc2n1CCCNCc1cccs1. The first-order valence-electron chi connectivity index (χ1n) is 6.75.